The van der Waals surface area contributed by atoms with E-state index < -0.39 is 0 Å². The molecule has 1 amide bonds. The summed E-state index contributed by atoms with van der Waals surface area (Å²) in [5.74, 6) is -0.0763. The number of carbonyl (C=O) groups excluding carboxylic acids is 1. The Kier molecular flexibility index (Phi) is 4.85. The predicted molar refractivity (Wildman–Crippen MR) is 79.3 cm³/mol. The van der Waals surface area contributed by atoms with Gasteiger partial charge in [0, 0.05) is 24.5 Å². The number of benzene rings is 1. The minimum Gasteiger partial charge on any atom is -0.348 e. The molecule has 0 bridgehead atoms. The van der Waals surface area contributed by atoms with E-state index in [1.54, 1.807) is 12.4 Å². The number of nitrogens with zero attached hydrogens (tertiary/aromatic N) is 1. The lowest BCUT2D eigenvalue weighted by atomic mass is 10.1. The number of amides is 1. The van der Waals surface area contributed by atoms with Crippen LogP contribution in [0.3, 0.4) is 0 Å². The van der Waals surface area contributed by atoms with Gasteiger partial charge in [-0.2, -0.15) is 0 Å². The highest BCUT2D eigenvalue weighted by atomic mass is 16.1. The molecule has 4 heteroatoms. The summed E-state index contributed by atoms with van der Waals surface area (Å²) in [6, 6.07) is 9.48. The Morgan fingerprint density at radius 3 is 2.65 bits per heavy atom. The SMILES string of the molecule is Cc1ccncc1CNC(=O)c1ccc(CCN)cc1. The zero-order valence-electron chi connectivity index (χ0n) is 11.6. The van der Waals surface area contributed by atoms with Crippen LogP contribution >= 0.6 is 0 Å². The van der Waals surface area contributed by atoms with Crippen molar-refractivity contribution in [2.24, 2.45) is 5.73 Å². The van der Waals surface area contributed by atoms with E-state index in [0.717, 1.165) is 23.1 Å². The Balaban J connectivity index is 1.96. The van der Waals surface area contributed by atoms with Crippen LogP contribution in [-0.2, 0) is 13.0 Å². The van der Waals surface area contributed by atoms with E-state index in [1.165, 1.54) is 0 Å². The number of nitrogens with two attached hydrogens (primary N) is 1. The molecule has 0 aliphatic heterocycles. The van der Waals surface area contributed by atoms with Crippen LogP contribution in [-0.4, -0.2) is 17.4 Å². The number of hydrogen-bond acceptors (Lipinski definition) is 3. The first kappa shape index (κ1) is 14.2. The molecular formula is C16H19N3O. The van der Waals surface area contributed by atoms with Gasteiger partial charge in [-0.3, -0.25) is 9.78 Å². The smallest absolute Gasteiger partial charge is 0.251 e. The highest BCUT2D eigenvalue weighted by Crippen LogP contribution is 2.07. The molecule has 0 saturated carbocycles. The molecule has 4 nitrogen and oxygen atoms in total. The molecule has 2 rings (SSSR count). The molecule has 104 valence electrons. The van der Waals surface area contributed by atoms with Gasteiger partial charge < -0.3 is 11.1 Å². The molecule has 1 aromatic carbocycles. The second-order valence-electron chi connectivity index (χ2n) is 4.72. The topological polar surface area (TPSA) is 68.0 Å². The predicted octanol–water partition coefficient (Wildman–Crippen LogP) is 1.82. The molecule has 2 aromatic rings. The van der Waals surface area contributed by atoms with E-state index in [9.17, 15) is 4.79 Å². The van der Waals surface area contributed by atoms with Crippen LogP contribution in [0.2, 0.25) is 0 Å². The van der Waals surface area contributed by atoms with Crippen LogP contribution in [0.25, 0.3) is 0 Å². The lowest BCUT2D eigenvalue weighted by Gasteiger charge is -2.08. The van der Waals surface area contributed by atoms with Gasteiger partial charge in [-0.25, -0.2) is 0 Å². The standard InChI is InChI=1S/C16H19N3O/c1-12-7-9-18-10-15(12)11-19-16(20)14-4-2-13(3-5-14)6-8-17/h2-5,7,9-10H,6,8,11,17H2,1H3,(H,19,20). The molecular weight excluding hydrogens is 250 g/mol. The van der Waals surface area contributed by atoms with E-state index in [0.29, 0.717) is 18.7 Å². The molecule has 1 heterocycles. The first-order valence-electron chi connectivity index (χ1n) is 6.67. The summed E-state index contributed by atoms with van der Waals surface area (Å²) >= 11 is 0. The third-order valence-electron chi connectivity index (χ3n) is 3.24. The van der Waals surface area contributed by atoms with Gasteiger partial charge in [0.1, 0.15) is 0 Å². The number of nitrogens with one attached hydrogen (secondary N) is 1. The summed E-state index contributed by atoms with van der Waals surface area (Å²) in [5.41, 5.74) is 9.46. The fourth-order valence-electron chi connectivity index (χ4n) is 1.95. The first-order valence-corrected chi connectivity index (χ1v) is 6.67. The van der Waals surface area contributed by atoms with Crippen molar-refractivity contribution in [1.82, 2.24) is 10.3 Å². The number of rotatable bonds is 5. The third kappa shape index (κ3) is 3.65. The van der Waals surface area contributed by atoms with Crippen LogP contribution in [0, 0.1) is 6.92 Å². The number of aromatic nitrogens is 1. The molecule has 0 radical (unpaired) electrons. The lowest BCUT2D eigenvalue weighted by Crippen LogP contribution is -2.23. The lowest BCUT2D eigenvalue weighted by molar-refractivity contribution is 0.0951. The average Bonchev–Trinajstić information content (AvgIpc) is 2.47. The molecule has 0 aliphatic rings. The summed E-state index contributed by atoms with van der Waals surface area (Å²) in [5, 5.41) is 2.90. The fraction of sp³-hybridized carbons (Fsp3) is 0.250. The summed E-state index contributed by atoms with van der Waals surface area (Å²) in [4.78, 5) is 16.1. The molecule has 0 atom stereocenters. The van der Waals surface area contributed by atoms with Crippen molar-refractivity contribution in [2.45, 2.75) is 19.9 Å². The van der Waals surface area contributed by atoms with Crippen LogP contribution < -0.4 is 11.1 Å². The molecule has 1 aromatic heterocycles. The van der Waals surface area contributed by atoms with Gasteiger partial charge in [-0.1, -0.05) is 12.1 Å². The van der Waals surface area contributed by atoms with E-state index >= 15 is 0 Å². The Hall–Kier alpha value is -2.20. The van der Waals surface area contributed by atoms with Gasteiger partial charge in [0.15, 0.2) is 0 Å². The van der Waals surface area contributed by atoms with Crippen LogP contribution in [0.15, 0.2) is 42.7 Å². The molecule has 0 aliphatic carbocycles. The van der Waals surface area contributed by atoms with E-state index in [2.05, 4.69) is 10.3 Å². The average molecular weight is 269 g/mol. The number of carbonyl (C=O) groups is 1. The maximum atomic E-state index is 12.0. The van der Waals surface area contributed by atoms with Crippen molar-refractivity contribution in [1.29, 1.82) is 0 Å². The highest BCUT2D eigenvalue weighted by molar-refractivity contribution is 5.94. The monoisotopic (exact) mass is 269 g/mol. The van der Waals surface area contributed by atoms with Crippen molar-refractivity contribution < 1.29 is 4.79 Å². The molecule has 0 fully saturated rings. The Morgan fingerprint density at radius 1 is 1.25 bits per heavy atom. The number of aryl methyl sites for hydroxylation is 1. The van der Waals surface area contributed by atoms with Crippen molar-refractivity contribution in [3.63, 3.8) is 0 Å². The summed E-state index contributed by atoms with van der Waals surface area (Å²) in [6.45, 7) is 3.11. The van der Waals surface area contributed by atoms with Gasteiger partial charge >= 0.3 is 0 Å². The fourth-order valence-corrected chi connectivity index (χ4v) is 1.95. The maximum absolute atomic E-state index is 12.0. The second kappa shape index (κ2) is 6.82. The molecule has 0 saturated heterocycles. The van der Waals surface area contributed by atoms with Crippen molar-refractivity contribution in [3.05, 3.63) is 65.0 Å². The molecule has 20 heavy (non-hydrogen) atoms. The molecule has 0 unspecified atom stereocenters. The van der Waals surface area contributed by atoms with Gasteiger partial charge in [-0.05, 0) is 54.8 Å². The Labute approximate surface area is 119 Å². The van der Waals surface area contributed by atoms with Gasteiger partial charge in [0.2, 0.25) is 0 Å². The largest absolute Gasteiger partial charge is 0.348 e. The summed E-state index contributed by atoms with van der Waals surface area (Å²) in [7, 11) is 0. The van der Waals surface area contributed by atoms with Crippen LogP contribution in [0.5, 0.6) is 0 Å². The highest BCUT2D eigenvalue weighted by Gasteiger charge is 2.06. The number of pyridine rings is 1. The third-order valence-corrected chi connectivity index (χ3v) is 3.24. The normalized spacial score (nSPS) is 10.3. The van der Waals surface area contributed by atoms with E-state index in [1.807, 2.05) is 37.3 Å². The van der Waals surface area contributed by atoms with Gasteiger partial charge in [0.05, 0.1) is 0 Å². The quantitative estimate of drug-likeness (QED) is 0.870. The van der Waals surface area contributed by atoms with Gasteiger partial charge in [0.25, 0.3) is 5.91 Å². The number of hydrogen-bond donors (Lipinski definition) is 2. The van der Waals surface area contributed by atoms with Crippen molar-refractivity contribution in [3.8, 4) is 0 Å². The van der Waals surface area contributed by atoms with Crippen LogP contribution in [0.1, 0.15) is 27.0 Å². The summed E-state index contributed by atoms with van der Waals surface area (Å²) in [6.07, 6.45) is 4.35. The first-order chi connectivity index (χ1) is 9.70. The Bertz CT molecular complexity index is 579. The minimum absolute atomic E-state index is 0.0763. The van der Waals surface area contributed by atoms with Crippen molar-refractivity contribution in [2.75, 3.05) is 6.54 Å². The van der Waals surface area contributed by atoms with E-state index in [-0.39, 0.29) is 5.91 Å². The van der Waals surface area contributed by atoms with Gasteiger partial charge in [-0.15, -0.1) is 0 Å². The Morgan fingerprint density at radius 2 is 2.00 bits per heavy atom. The summed E-state index contributed by atoms with van der Waals surface area (Å²) < 4.78 is 0. The molecule has 0 spiro atoms. The maximum Gasteiger partial charge on any atom is 0.251 e. The zero-order chi connectivity index (χ0) is 14.4. The van der Waals surface area contributed by atoms with E-state index in [4.69, 9.17) is 5.73 Å². The minimum atomic E-state index is -0.0763. The zero-order valence-corrected chi connectivity index (χ0v) is 11.6. The van der Waals surface area contributed by atoms with Crippen LogP contribution in [0.4, 0.5) is 0 Å². The molecule has 3 N–H and O–H groups in total. The van der Waals surface area contributed by atoms with Crippen molar-refractivity contribution >= 4 is 5.91 Å². The second-order valence-corrected chi connectivity index (χ2v) is 4.72.